The van der Waals surface area contributed by atoms with Crippen LogP contribution in [0.2, 0.25) is 0 Å². The van der Waals surface area contributed by atoms with Crippen LogP contribution in [0.3, 0.4) is 0 Å². The van der Waals surface area contributed by atoms with Crippen molar-refractivity contribution in [3.63, 3.8) is 0 Å². The lowest BCUT2D eigenvalue weighted by molar-refractivity contribution is -0.129. The number of methoxy groups -OCH3 is 1. The molecule has 1 heterocycles. The molecule has 0 saturated heterocycles. The third-order valence-electron chi connectivity index (χ3n) is 6.71. The number of aromatic amines is 1. The summed E-state index contributed by atoms with van der Waals surface area (Å²) in [5, 5.41) is 14.1. The number of carbonyl (C=O) groups excluding carboxylic acids is 1. The summed E-state index contributed by atoms with van der Waals surface area (Å²) in [5.41, 5.74) is 2.23. The molecule has 1 saturated carbocycles. The van der Waals surface area contributed by atoms with E-state index < -0.39 is 5.41 Å². The zero-order chi connectivity index (χ0) is 23.3. The van der Waals surface area contributed by atoms with E-state index in [0.29, 0.717) is 37.5 Å². The van der Waals surface area contributed by atoms with E-state index in [0.717, 1.165) is 41.3 Å². The number of ether oxygens (including phenoxy) is 2. The molecule has 1 amide bonds. The molecule has 3 aromatic rings. The lowest BCUT2D eigenvalue weighted by Crippen LogP contribution is -2.43. The molecule has 1 atom stereocenters. The fourth-order valence-electron chi connectivity index (χ4n) is 4.87. The highest BCUT2D eigenvalue weighted by molar-refractivity contribution is 5.86. The van der Waals surface area contributed by atoms with Gasteiger partial charge in [-0.1, -0.05) is 43.5 Å². The second-order valence-electron chi connectivity index (χ2n) is 8.65. The fraction of sp³-hybridized carbons (Fsp3) is 0.407. The van der Waals surface area contributed by atoms with Gasteiger partial charge in [0.2, 0.25) is 5.91 Å². The number of carbonyl (C=O) groups is 1. The fourth-order valence-corrected chi connectivity index (χ4v) is 4.87. The maximum Gasteiger partial charge on any atom is 0.240 e. The number of fused-ring (bicyclic) bond motifs is 1. The van der Waals surface area contributed by atoms with Crippen LogP contribution in [0.1, 0.15) is 56.1 Å². The molecule has 1 aliphatic rings. The van der Waals surface area contributed by atoms with Crippen LogP contribution in [0.15, 0.2) is 48.7 Å². The largest absolute Gasteiger partial charge is 0.493 e. The smallest absolute Gasteiger partial charge is 0.240 e. The molecule has 1 aliphatic carbocycles. The molecule has 2 N–H and O–H groups in total. The molecule has 1 aromatic heterocycles. The van der Waals surface area contributed by atoms with Crippen molar-refractivity contribution in [3.05, 3.63) is 59.8 Å². The average molecular weight is 446 g/mol. The predicted octanol–water partition coefficient (Wildman–Crippen LogP) is 5.30. The highest BCUT2D eigenvalue weighted by Crippen LogP contribution is 2.38. The average Bonchev–Trinajstić information content (AvgIpc) is 3.29. The van der Waals surface area contributed by atoms with Gasteiger partial charge < -0.3 is 19.8 Å². The van der Waals surface area contributed by atoms with E-state index in [1.54, 1.807) is 7.11 Å². The highest BCUT2D eigenvalue weighted by atomic mass is 16.5. The SMILES string of the molecule is CCOc1ccc(C(CNC(=O)C2(C#N)CCCCC2)c2c[nH]c3ccccc23)cc1OC. The first kappa shape index (κ1) is 22.7. The lowest BCUT2D eigenvalue weighted by Gasteiger charge is -2.30. The number of hydrogen-bond donors (Lipinski definition) is 2. The van der Waals surface area contributed by atoms with Gasteiger partial charge in [0, 0.05) is 29.6 Å². The molecule has 172 valence electrons. The predicted molar refractivity (Wildman–Crippen MR) is 128 cm³/mol. The van der Waals surface area contributed by atoms with Gasteiger partial charge in [0.1, 0.15) is 5.41 Å². The van der Waals surface area contributed by atoms with Gasteiger partial charge in [0.05, 0.1) is 19.8 Å². The van der Waals surface area contributed by atoms with E-state index in [2.05, 4.69) is 22.4 Å². The third-order valence-corrected chi connectivity index (χ3v) is 6.71. The highest BCUT2D eigenvalue weighted by Gasteiger charge is 2.40. The number of rotatable bonds is 8. The van der Waals surface area contributed by atoms with E-state index in [9.17, 15) is 10.1 Å². The molecular weight excluding hydrogens is 414 g/mol. The van der Waals surface area contributed by atoms with Crippen molar-refractivity contribution in [2.24, 2.45) is 5.41 Å². The Balaban J connectivity index is 1.68. The number of nitrogens with zero attached hydrogens (tertiary/aromatic N) is 1. The monoisotopic (exact) mass is 445 g/mol. The second-order valence-corrected chi connectivity index (χ2v) is 8.65. The number of nitrogens with one attached hydrogen (secondary N) is 2. The van der Waals surface area contributed by atoms with E-state index in [1.807, 2.05) is 49.5 Å². The lowest BCUT2D eigenvalue weighted by atomic mass is 9.74. The maximum absolute atomic E-state index is 13.2. The van der Waals surface area contributed by atoms with Crippen molar-refractivity contribution in [2.45, 2.75) is 44.9 Å². The van der Waals surface area contributed by atoms with Gasteiger partial charge in [0.15, 0.2) is 11.5 Å². The Morgan fingerprint density at radius 1 is 1.18 bits per heavy atom. The van der Waals surface area contributed by atoms with Crippen LogP contribution in [0.25, 0.3) is 10.9 Å². The maximum atomic E-state index is 13.2. The Kier molecular flexibility index (Phi) is 6.88. The number of para-hydroxylation sites is 1. The summed E-state index contributed by atoms with van der Waals surface area (Å²) < 4.78 is 11.3. The summed E-state index contributed by atoms with van der Waals surface area (Å²) in [6, 6.07) is 16.4. The summed E-state index contributed by atoms with van der Waals surface area (Å²) in [6.45, 7) is 2.88. The molecule has 0 radical (unpaired) electrons. The van der Waals surface area contributed by atoms with Crippen LogP contribution < -0.4 is 14.8 Å². The van der Waals surface area contributed by atoms with Gasteiger partial charge in [0.25, 0.3) is 0 Å². The normalized spacial score (nSPS) is 16.0. The van der Waals surface area contributed by atoms with E-state index in [4.69, 9.17) is 9.47 Å². The summed E-state index contributed by atoms with van der Waals surface area (Å²) in [4.78, 5) is 16.5. The molecule has 0 spiro atoms. The quantitative estimate of drug-likeness (QED) is 0.493. The molecule has 33 heavy (non-hydrogen) atoms. The minimum Gasteiger partial charge on any atom is -0.493 e. The van der Waals surface area contributed by atoms with Crippen molar-refractivity contribution in [1.82, 2.24) is 10.3 Å². The summed E-state index contributed by atoms with van der Waals surface area (Å²) in [7, 11) is 1.63. The van der Waals surface area contributed by atoms with E-state index >= 15 is 0 Å². The zero-order valence-corrected chi connectivity index (χ0v) is 19.3. The molecule has 0 bridgehead atoms. The van der Waals surface area contributed by atoms with Crippen LogP contribution in [0.4, 0.5) is 0 Å². The van der Waals surface area contributed by atoms with Gasteiger partial charge in [-0.25, -0.2) is 0 Å². The van der Waals surface area contributed by atoms with Gasteiger partial charge in [-0.15, -0.1) is 0 Å². The second kappa shape index (κ2) is 9.99. The van der Waals surface area contributed by atoms with Crippen LogP contribution in [-0.2, 0) is 4.79 Å². The standard InChI is InChI=1S/C27H31N3O3/c1-3-33-24-12-11-19(15-25(24)32-2)21(22-17-29-23-10-6-5-9-20(22)23)16-30-26(31)27(18-28)13-7-4-8-14-27/h5-6,9-12,15,17,21,29H,3-4,7-8,13-14,16H2,1-2H3,(H,30,31). The Hall–Kier alpha value is -3.46. The first-order chi connectivity index (χ1) is 16.1. The first-order valence-corrected chi connectivity index (χ1v) is 11.7. The van der Waals surface area contributed by atoms with Crippen LogP contribution in [0.5, 0.6) is 11.5 Å². The van der Waals surface area contributed by atoms with Crippen molar-refractivity contribution >= 4 is 16.8 Å². The summed E-state index contributed by atoms with van der Waals surface area (Å²) in [6.07, 6.45) is 6.19. The summed E-state index contributed by atoms with van der Waals surface area (Å²) in [5.74, 6) is 1.07. The van der Waals surface area contributed by atoms with Crippen LogP contribution >= 0.6 is 0 Å². The van der Waals surface area contributed by atoms with Crippen molar-refractivity contribution in [2.75, 3.05) is 20.3 Å². The molecule has 0 aliphatic heterocycles. The topological polar surface area (TPSA) is 87.1 Å². The molecule has 6 nitrogen and oxygen atoms in total. The molecule has 2 aromatic carbocycles. The minimum absolute atomic E-state index is 0.117. The van der Waals surface area contributed by atoms with Gasteiger partial charge in [-0.2, -0.15) is 5.26 Å². The molecule has 6 heteroatoms. The molecular formula is C27H31N3O3. The Bertz CT molecular complexity index is 1150. The number of H-pyrrole nitrogens is 1. The van der Waals surface area contributed by atoms with Crippen LogP contribution in [-0.4, -0.2) is 31.2 Å². The molecule has 1 unspecified atom stereocenters. The van der Waals surface area contributed by atoms with Crippen LogP contribution in [0, 0.1) is 16.7 Å². The van der Waals surface area contributed by atoms with Crippen molar-refractivity contribution in [3.8, 4) is 17.6 Å². The third kappa shape index (κ3) is 4.54. The zero-order valence-electron chi connectivity index (χ0n) is 19.3. The number of hydrogen-bond acceptors (Lipinski definition) is 4. The Morgan fingerprint density at radius 3 is 2.70 bits per heavy atom. The van der Waals surface area contributed by atoms with Crippen molar-refractivity contribution < 1.29 is 14.3 Å². The van der Waals surface area contributed by atoms with E-state index in [-0.39, 0.29) is 11.8 Å². The Labute approximate surface area is 194 Å². The van der Waals surface area contributed by atoms with Crippen molar-refractivity contribution in [1.29, 1.82) is 5.26 Å². The van der Waals surface area contributed by atoms with E-state index in [1.165, 1.54) is 0 Å². The first-order valence-electron chi connectivity index (χ1n) is 11.7. The Morgan fingerprint density at radius 2 is 1.97 bits per heavy atom. The number of benzene rings is 2. The summed E-state index contributed by atoms with van der Waals surface area (Å²) >= 11 is 0. The molecule has 1 fully saturated rings. The number of amides is 1. The number of nitriles is 1. The van der Waals surface area contributed by atoms with Gasteiger partial charge >= 0.3 is 0 Å². The van der Waals surface area contributed by atoms with Gasteiger partial charge in [-0.3, -0.25) is 4.79 Å². The van der Waals surface area contributed by atoms with Gasteiger partial charge in [-0.05, 0) is 49.1 Å². The minimum atomic E-state index is -0.917. The number of aromatic nitrogens is 1. The molecule has 4 rings (SSSR count).